The number of hydrogen-bond acceptors (Lipinski definition) is 4. The topological polar surface area (TPSA) is 81.0 Å². The predicted octanol–water partition coefficient (Wildman–Crippen LogP) is 6.41. The van der Waals surface area contributed by atoms with Crippen molar-refractivity contribution in [2.75, 3.05) is 26.7 Å². The smallest absolute Gasteiger partial charge is 0.166 e. The molecule has 0 atom stereocenters. The SMILES string of the molecule is CCCCCCCC[N+](C)(CC#N)CCCCCCCC.O=S(=O)([O-])Cc1ccccc1. The van der Waals surface area contributed by atoms with Crippen molar-refractivity contribution < 1.29 is 17.5 Å². The molecule has 32 heavy (non-hydrogen) atoms. The van der Waals surface area contributed by atoms with Gasteiger partial charge >= 0.3 is 0 Å². The first-order chi connectivity index (χ1) is 15.3. The molecule has 0 aliphatic heterocycles. The monoisotopic (exact) mass is 466 g/mol. The average molecular weight is 467 g/mol. The summed E-state index contributed by atoms with van der Waals surface area (Å²) in [7, 11) is -1.85. The predicted molar refractivity (Wildman–Crippen MR) is 133 cm³/mol. The first-order valence-corrected chi connectivity index (χ1v) is 14.0. The van der Waals surface area contributed by atoms with Gasteiger partial charge in [0.2, 0.25) is 0 Å². The van der Waals surface area contributed by atoms with E-state index in [2.05, 4.69) is 27.0 Å². The fourth-order valence-corrected chi connectivity index (χ4v) is 4.37. The third-order valence-corrected chi connectivity index (χ3v) is 6.43. The Morgan fingerprint density at radius 1 is 0.812 bits per heavy atom. The Morgan fingerprint density at radius 3 is 1.66 bits per heavy atom. The highest BCUT2D eigenvalue weighted by Crippen LogP contribution is 2.13. The van der Waals surface area contributed by atoms with Gasteiger partial charge in [-0.05, 0) is 31.2 Å². The fraction of sp³-hybridized carbons (Fsp3) is 0.731. The van der Waals surface area contributed by atoms with Gasteiger partial charge in [0.25, 0.3) is 0 Å². The fourth-order valence-electron chi connectivity index (χ4n) is 3.77. The molecule has 0 heterocycles. The van der Waals surface area contributed by atoms with Crippen molar-refractivity contribution in [3.8, 4) is 6.07 Å². The lowest BCUT2D eigenvalue weighted by Crippen LogP contribution is -2.45. The number of nitriles is 1. The number of nitrogens with zero attached hydrogens (tertiary/aromatic N) is 2. The molecule has 6 heteroatoms. The van der Waals surface area contributed by atoms with Gasteiger partial charge in [-0.15, -0.1) is 0 Å². The molecule has 0 unspecified atom stereocenters. The van der Waals surface area contributed by atoms with Gasteiger partial charge in [0.05, 0.1) is 36.0 Å². The highest BCUT2D eigenvalue weighted by molar-refractivity contribution is 7.84. The summed E-state index contributed by atoms with van der Waals surface area (Å²) in [6, 6.07) is 10.8. The van der Waals surface area contributed by atoms with Crippen LogP contribution in [0.5, 0.6) is 0 Å². The highest BCUT2D eigenvalue weighted by atomic mass is 32.2. The Kier molecular flexibility index (Phi) is 18.2. The van der Waals surface area contributed by atoms with Crippen molar-refractivity contribution in [1.82, 2.24) is 0 Å². The van der Waals surface area contributed by atoms with Gasteiger partial charge in [-0.3, -0.25) is 0 Å². The van der Waals surface area contributed by atoms with Crippen LogP contribution in [0, 0.1) is 11.3 Å². The maximum absolute atomic E-state index is 10.2. The minimum absolute atomic E-state index is 0.423. The second kappa shape index (κ2) is 19.1. The number of rotatable bonds is 17. The quantitative estimate of drug-likeness (QED) is 0.115. The molecule has 1 aromatic carbocycles. The summed E-state index contributed by atoms with van der Waals surface area (Å²) in [4.78, 5) is 0. The van der Waals surface area contributed by atoms with Crippen molar-refractivity contribution in [3.63, 3.8) is 0 Å². The molecule has 0 spiro atoms. The maximum atomic E-state index is 10.2. The van der Waals surface area contributed by atoms with Crippen LogP contribution in [0.3, 0.4) is 0 Å². The van der Waals surface area contributed by atoms with E-state index in [1.165, 1.54) is 90.1 Å². The van der Waals surface area contributed by atoms with Gasteiger partial charge in [-0.2, -0.15) is 5.26 Å². The minimum Gasteiger partial charge on any atom is -0.748 e. The van der Waals surface area contributed by atoms with Crippen LogP contribution in [0.25, 0.3) is 0 Å². The molecule has 0 saturated carbocycles. The molecule has 184 valence electrons. The minimum atomic E-state index is -4.13. The molecule has 0 bridgehead atoms. The summed E-state index contributed by atoms with van der Waals surface area (Å²) in [6.45, 7) is 7.59. The summed E-state index contributed by atoms with van der Waals surface area (Å²) in [5.74, 6) is -0.423. The third-order valence-electron chi connectivity index (χ3n) is 5.74. The summed E-state index contributed by atoms with van der Waals surface area (Å²) in [5.41, 5.74) is 0.530. The highest BCUT2D eigenvalue weighted by Gasteiger charge is 2.19. The molecule has 0 fully saturated rings. The van der Waals surface area contributed by atoms with Gasteiger partial charge in [-0.1, -0.05) is 95.5 Å². The van der Waals surface area contributed by atoms with Crippen molar-refractivity contribution in [3.05, 3.63) is 35.9 Å². The summed E-state index contributed by atoms with van der Waals surface area (Å²) in [6.07, 6.45) is 16.2. The molecule has 0 saturated heterocycles. The van der Waals surface area contributed by atoms with E-state index in [4.69, 9.17) is 5.26 Å². The van der Waals surface area contributed by atoms with E-state index < -0.39 is 15.9 Å². The second-order valence-electron chi connectivity index (χ2n) is 9.11. The maximum Gasteiger partial charge on any atom is 0.166 e. The van der Waals surface area contributed by atoms with E-state index in [-0.39, 0.29) is 0 Å². The van der Waals surface area contributed by atoms with Crippen LogP contribution in [0.4, 0.5) is 0 Å². The van der Waals surface area contributed by atoms with E-state index in [0.717, 1.165) is 4.48 Å². The van der Waals surface area contributed by atoms with E-state index in [1.54, 1.807) is 30.3 Å². The molecular weight excluding hydrogens is 420 g/mol. The van der Waals surface area contributed by atoms with Gasteiger partial charge in [0.1, 0.15) is 6.07 Å². The van der Waals surface area contributed by atoms with Crippen LogP contribution in [-0.4, -0.2) is 44.1 Å². The lowest BCUT2D eigenvalue weighted by molar-refractivity contribution is -0.903. The van der Waals surface area contributed by atoms with E-state index in [9.17, 15) is 13.0 Å². The summed E-state index contributed by atoms with van der Waals surface area (Å²) >= 11 is 0. The Balaban J connectivity index is 0.000000726. The van der Waals surface area contributed by atoms with Crippen molar-refractivity contribution >= 4 is 10.1 Å². The zero-order chi connectivity index (χ0) is 24.1. The first kappa shape index (κ1) is 30.6. The van der Waals surface area contributed by atoms with Crippen LogP contribution < -0.4 is 0 Å². The number of hydrogen-bond donors (Lipinski definition) is 0. The Morgan fingerprint density at radius 2 is 1.25 bits per heavy atom. The number of benzene rings is 1. The molecule has 0 aliphatic carbocycles. The molecule has 0 radical (unpaired) electrons. The average Bonchev–Trinajstić information content (AvgIpc) is 2.73. The molecular formula is C26H46N2O3S. The standard InChI is InChI=1S/C19H39N2.C7H8O3S/c1-4-6-8-10-12-14-17-21(3,19-16-20)18-15-13-11-9-7-5-2;8-11(9,10)6-7-4-2-1-3-5-7/h4-15,17-19H2,1-3H3;1-5H,6H2,(H,8,9,10)/q+1;/p-1. The molecule has 1 aromatic rings. The van der Waals surface area contributed by atoms with Crippen molar-refractivity contribution in [1.29, 1.82) is 5.26 Å². The molecule has 0 N–H and O–H groups in total. The molecule has 0 aromatic heterocycles. The van der Waals surface area contributed by atoms with Gasteiger partial charge in [0, 0.05) is 0 Å². The van der Waals surface area contributed by atoms with Crippen LogP contribution in [0.15, 0.2) is 30.3 Å². The Labute approximate surface area is 198 Å². The zero-order valence-electron chi connectivity index (χ0n) is 20.7. The van der Waals surface area contributed by atoms with Gasteiger partial charge in [0.15, 0.2) is 6.54 Å². The molecule has 5 nitrogen and oxygen atoms in total. The zero-order valence-corrected chi connectivity index (χ0v) is 21.5. The van der Waals surface area contributed by atoms with Gasteiger partial charge < -0.3 is 9.04 Å². The van der Waals surface area contributed by atoms with E-state index in [0.29, 0.717) is 12.1 Å². The third kappa shape index (κ3) is 19.3. The lowest BCUT2D eigenvalue weighted by Gasteiger charge is -2.32. The summed E-state index contributed by atoms with van der Waals surface area (Å²) in [5, 5.41) is 9.08. The first-order valence-electron chi connectivity index (χ1n) is 12.4. The normalized spacial score (nSPS) is 11.5. The van der Waals surface area contributed by atoms with Crippen molar-refractivity contribution in [2.24, 2.45) is 0 Å². The lowest BCUT2D eigenvalue weighted by atomic mass is 10.1. The second-order valence-corrected chi connectivity index (χ2v) is 10.5. The molecule has 0 amide bonds. The summed E-state index contributed by atoms with van der Waals surface area (Å²) < 4.78 is 31.7. The Hall–Kier alpha value is -1.42. The van der Waals surface area contributed by atoms with Crippen LogP contribution in [0.1, 0.15) is 96.5 Å². The molecule has 0 aliphatic rings. The molecule has 1 rings (SSSR count). The van der Waals surface area contributed by atoms with E-state index in [1.807, 2.05) is 0 Å². The van der Waals surface area contributed by atoms with Crippen LogP contribution in [0.2, 0.25) is 0 Å². The number of unbranched alkanes of at least 4 members (excludes halogenated alkanes) is 10. The van der Waals surface area contributed by atoms with Crippen LogP contribution >= 0.6 is 0 Å². The largest absolute Gasteiger partial charge is 0.748 e. The number of quaternary nitrogens is 1. The van der Waals surface area contributed by atoms with Crippen molar-refractivity contribution in [2.45, 2.75) is 96.7 Å². The van der Waals surface area contributed by atoms with Crippen LogP contribution in [-0.2, 0) is 15.9 Å². The van der Waals surface area contributed by atoms with E-state index >= 15 is 0 Å². The van der Waals surface area contributed by atoms with Gasteiger partial charge in [-0.25, -0.2) is 8.42 Å². The Bertz CT molecular complexity index is 684.